The standard InChI is InChI=1S/C13H20N2O5/c14-10-3-1-2-8(10)11(16)15-5-4-7(12(17)18)9(6-15)13(19)20/h7-10H,1-6,14H2,(H,17,18)(H,19,20). The van der Waals surface area contributed by atoms with E-state index in [1.165, 1.54) is 4.90 Å². The molecule has 4 atom stereocenters. The summed E-state index contributed by atoms with van der Waals surface area (Å²) in [6, 6.07) is -0.164. The average molecular weight is 284 g/mol. The lowest BCUT2D eigenvalue weighted by Gasteiger charge is -2.36. The minimum atomic E-state index is -1.16. The summed E-state index contributed by atoms with van der Waals surface area (Å²) in [4.78, 5) is 36.1. The number of hydrogen-bond acceptors (Lipinski definition) is 4. The van der Waals surface area contributed by atoms with Crippen molar-refractivity contribution in [2.75, 3.05) is 13.1 Å². The van der Waals surface area contributed by atoms with Crippen molar-refractivity contribution >= 4 is 17.8 Å². The van der Waals surface area contributed by atoms with Crippen LogP contribution in [-0.2, 0) is 14.4 Å². The molecular weight excluding hydrogens is 264 g/mol. The molecule has 0 spiro atoms. The molecule has 2 aliphatic rings. The van der Waals surface area contributed by atoms with Crippen molar-refractivity contribution in [3.8, 4) is 0 Å². The highest BCUT2D eigenvalue weighted by atomic mass is 16.4. The number of aliphatic carboxylic acids is 2. The Morgan fingerprint density at radius 1 is 0.950 bits per heavy atom. The number of piperidine rings is 1. The first kappa shape index (κ1) is 14.8. The second kappa shape index (κ2) is 5.78. The zero-order valence-corrected chi connectivity index (χ0v) is 11.2. The average Bonchev–Trinajstić information content (AvgIpc) is 2.83. The monoisotopic (exact) mass is 284 g/mol. The Balaban J connectivity index is 2.06. The first-order chi connectivity index (χ1) is 9.41. The molecular formula is C13H20N2O5. The van der Waals surface area contributed by atoms with Crippen molar-refractivity contribution in [3.05, 3.63) is 0 Å². The molecule has 4 N–H and O–H groups in total. The van der Waals surface area contributed by atoms with Gasteiger partial charge in [0.1, 0.15) is 0 Å². The third-order valence-electron chi connectivity index (χ3n) is 4.45. The molecule has 1 heterocycles. The van der Waals surface area contributed by atoms with Gasteiger partial charge in [-0.2, -0.15) is 0 Å². The van der Waals surface area contributed by atoms with E-state index in [4.69, 9.17) is 15.9 Å². The molecule has 7 nitrogen and oxygen atoms in total. The van der Waals surface area contributed by atoms with Crippen LogP contribution in [0.2, 0.25) is 0 Å². The van der Waals surface area contributed by atoms with E-state index < -0.39 is 23.8 Å². The third kappa shape index (κ3) is 2.77. The fraction of sp³-hybridized carbons (Fsp3) is 0.769. The molecule has 1 aliphatic carbocycles. The third-order valence-corrected chi connectivity index (χ3v) is 4.45. The van der Waals surface area contributed by atoms with Gasteiger partial charge < -0.3 is 20.8 Å². The Morgan fingerprint density at radius 2 is 1.60 bits per heavy atom. The van der Waals surface area contributed by atoms with E-state index in [2.05, 4.69) is 0 Å². The first-order valence-corrected chi connectivity index (χ1v) is 6.91. The van der Waals surface area contributed by atoms with E-state index in [1.807, 2.05) is 0 Å². The quantitative estimate of drug-likeness (QED) is 0.657. The van der Waals surface area contributed by atoms with Crippen molar-refractivity contribution in [3.63, 3.8) is 0 Å². The van der Waals surface area contributed by atoms with E-state index in [1.54, 1.807) is 0 Å². The summed E-state index contributed by atoms with van der Waals surface area (Å²) < 4.78 is 0. The van der Waals surface area contributed by atoms with Crippen LogP contribution in [0.25, 0.3) is 0 Å². The molecule has 7 heteroatoms. The highest BCUT2D eigenvalue weighted by Crippen LogP contribution is 2.30. The topological polar surface area (TPSA) is 121 Å². The molecule has 112 valence electrons. The second-order valence-electron chi connectivity index (χ2n) is 5.66. The number of hydrogen-bond donors (Lipinski definition) is 3. The van der Waals surface area contributed by atoms with Gasteiger partial charge >= 0.3 is 11.9 Å². The van der Waals surface area contributed by atoms with E-state index >= 15 is 0 Å². The van der Waals surface area contributed by atoms with Crippen LogP contribution in [0.1, 0.15) is 25.7 Å². The Morgan fingerprint density at radius 3 is 2.10 bits per heavy atom. The highest BCUT2D eigenvalue weighted by molar-refractivity contribution is 5.84. The van der Waals surface area contributed by atoms with Crippen molar-refractivity contribution in [2.24, 2.45) is 23.5 Å². The van der Waals surface area contributed by atoms with E-state index in [0.29, 0.717) is 6.54 Å². The molecule has 2 fully saturated rings. The summed E-state index contributed by atoms with van der Waals surface area (Å²) in [6.07, 6.45) is 2.63. The molecule has 0 aromatic heterocycles. The number of amides is 1. The zero-order chi connectivity index (χ0) is 14.9. The van der Waals surface area contributed by atoms with E-state index in [0.717, 1.165) is 19.3 Å². The molecule has 1 saturated carbocycles. The molecule has 1 amide bonds. The fourth-order valence-corrected chi connectivity index (χ4v) is 3.23. The molecule has 1 aliphatic heterocycles. The maximum absolute atomic E-state index is 12.4. The summed E-state index contributed by atoms with van der Waals surface area (Å²) in [6.45, 7) is 0.261. The number of nitrogens with zero attached hydrogens (tertiary/aromatic N) is 1. The highest BCUT2D eigenvalue weighted by Gasteiger charge is 2.42. The van der Waals surface area contributed by atoms with Gasteiger partial charge in [-0.05, 0) is 19.3 Å². The normalized spacial score (nSPS) is 34.0. The SMILES string of the molecule is NC1CCCC1C(=O)N1CCC(C(=O)O)C(C(=O)O)C1. The number of likely N-dealkylation sites (tertiary alicyclic amines) is 1. The molecule has 20 heavy (non-hydrogen) atoms. The Hall–Kier alpha value is -1.63. The van der Waals surface area contributed by atoms with Gasteiger partial charge in [0.15, 0.2) is 0 Å². The van der Waals surface area contributed by atoms with Gasteiger partial charge in [0.2, 0.25) is 5.91 Å². The summed E-state index contributed by atoms with van der Waals surface area (Å²) in [7, 11) is 0. The molecule has 0 radical (unpaired) electrons. The molecule has 0 aromatic carbocycles. The van der Waals surface area contributed by atoms with Crippen molar-refractivity contribution in [2.45, 2.75) is 31.7 Å². The van der Waals surface area contributed by atoms with Crippen molar-refractivity contribution in [1.82, 2.24) is 4.90 Å². The minimum absolute atomic E-state index is 0.0334. The van der Waals surface area contributed by atoms with Gasteiger partial charge in [-0.1, -0.05) is 6.42 Å². The molecule has 1 saturated heterocycles. The number of carbonyl (C=O) groups excluding carboxylic acids is 1. The van der Waals surface area contributed by atoms with Gasteiger partial charge in [0, 0.05) is 19.1 Å². The largest absolute Gasteiger partial charge is 0.481 e. The zero-order valence-electron chi connectivity index (χ0n) is 11.2. The summed E-state index contributed by atoms with van der Waals surface area (Å²) in [5.74, 6) is -4.60. The second-order valence-corrected chi connectivity index (χ2v) is 5.66. The van der Waals surface area contributed by atoms with E-state index in [-0.39, 0.29) is 30.8 Å². The van der Waals surface area contributed by atoms with Crippen LogP contribution in [0.15, 0.2) is 0 Å². The number of carbonyl (C=O) groups is 3. The van der Waals surface area contributed by atoms with Gasteiger partial charge in [-0.25, -0.2) is 0 Å². The predicted octanol–water partition coefficient (Wildman–Crippen LogP) is -0.252. The first-order valence-electron chi connectivity index (χ1n) is 6.91. The van der Waals surface area contributed by atoms with Crippen LogP contribution in [0.5, 0.6) is 0 Å². The lowest BCUT2D eigenvalue weighted by molar-refractivity contribution is -0.159. The van der Waals surface area contributed by atoms with Gasteiger partial charge in [0.25, 0.3) is 0 Å². The van der Waals surface area contributed by atoms with Crippen LogP contribution in [0.4, 0.5) is 0 Å². The summed E-state index contributed by atoms with van der Waals surface area (Å²) >= 11 is 0. The van der Waals surface area contributed by atoms with Crippen molar-refractivity contribution < 1.29 is 24.6 Å². The number of carboxylic acids is 2. The fourth-order valence-electron chi connectivity index (χ4n) is 3.23. The van der Waals surface area contributed by atoms with Gasteiger partial charge in [-0.3, -0.25) is 14.4 Å². The smallest absolute Gasteiger partial charge is 0.309 e. The Labute approximate surface area is 116 Å². The van der Waals surface area contributed by atoms with Crippen LogP contribution in [-0.4, -0.2) is 52.1 Å². The van der Waals surface area contributed by atoms with Crippen LogP contribution in [0, 0.1) is 17.8 Å². The van der Waals surface area contributed by atoms with E-state index in [9.17, 15) is 14.4 Å². The molecule has 0 aromatic rings. The van der Waals surface area contributed by atoms with Gasteiger partial charge in [0.05, 0.1) is 17.8 Å². The van der Waals surface area contributed by atoms with Crippen molar-refractivity contribution in [1.29, 1.82) is 0 Å². The van der Waals surface area contributed by atoms with Crippen LogP contribution < -0.4 is 5.73 Å². The molecule has 4 unspecified atom stereocenters. The Kier molecular flexibility index (Phi) is 4.27. The maximum Gasteiger partial charge on any atom is 0.309 e. The Bertz CT molecular complexity index is 425. The number of carboxylic acid groups (broad SMARTS) is 2. The van der Waals surface area contributed by atoms with Gasteiger partial charge in [-0.15, -0.1) is 0 Å². The minimum Gasteiger partial charge on any atom is -0.481 e. The predicted molar refractivity (Wildman–Crippen MR) is 68.8 cm³/mol. The molecule has 2 rings (SSSR count). The maximum atomic E-state index is 12.4. The lowest BCUT2D eigenvalue weighted by Crippen LogP contribution is -2.51. The number of rotatable bonds is 3. The number of nitrogens with two attached hydrogens (primary N) is 1. The molecule has 0 bridgehead atoms. The van der Waals surface area contributed by atoms with Crippen LogP contribution >= 0.6 is 0 Å². The lowest BCUT2D eigenvalue weighted by atomic mass is 9.85. The summed E-state index contributed by atoms with van der Waals surface area (Å²) in [5.41, 5.74) is 5.90. The van der Waals surface area contributed by atoms with Crippen LogP contribution in [0.3, 0.4) is 0 Å². The summed E-state index contributed by atoms with van der Waals surface area (Å²) in [5, 5.41) is 18.2.